The zero-order chi connectivity index (χ0) is 18.4. The highest BCUT2D eigenvalue weighted by atomic mass is 35.5. The molecule has 7 heteroatoms. The molecule has 0 spiro atoms. The van der Waals surface area contributed by atoms with E-state index in [9.17, 15) is 4.79 Å². The van der Waals surface area contributed by atoms with Gasteiger partial charge in [0.1, 0.15) is 12.4 Å². The highest BCUT2D eigenvalue weighted by Gasteiger charge is 2.16. The van der Waals surface area contributed by atoms with Crippen LogP contribution in [0, 0.1) is 6.92 Å². The summed E-state index contributed by atoms with van der Waals surface area (Å²) in [5.41, 5.74) is 1.96. The van der Waals surface area contributed by atoms with Crippen molar-refractivity contribution in [1.82, 2.24) is 9.78 Å². The molecule has 1 unspecified atom stereocenters. The number of carbonyl (C=O) groups excluding carboxylic acids is 1. The van der Waals surface area contributed by atoms with Gasteiger partial charge in [0.2, 0.25) is 0 Å². The van der Waals surface area contributed by atoms with Crippen LogP contribution in [0.15, 0.2) is 30.5 Å². The highest BCUT2D eigenvalue weighted by molar-refractivity contribution is 6.30. The average Bonchev–Trinajstić information content (AvgIpc) is 2.98. The predicted molar refractivity (Wildman–Crippen MR) is 101 cm³/mol. The zero-order valence-corrected chi connectivity index (χ0v) is 15.7. The van der Waals surface area contributed by atoms with E-state index in [0.717, 1.165) is 37.0 Å². The van der Waals surface area contributed by atoms with Gasteiger partial charge in [-0.1, -0.05) is 23.7 Å². The summed E-state index contributed by atoms with van der Waals surface area (Å²) in [5, 5.41) is 7.94. The second-order valence-electron chi connectivity index (χ2n) is 6.51. The fourth-order valence-corrected chi connectivity index (χ4v) is 3.04. The fraction of sp³-hybridized carbons (Fsp3) is 0.474. The largest absolute Gasteiger partial charge is 0.376 e. The van der Waals surface area contributed by atoms with E-state index in [1.54, 1.807) is 10.9 Å². The third-order valence-corrected chi connectivity index (χ3v) is 4.59. The Morgan fingerprint density at radius 2 is 2.19 bits per heavy atom. The molecule has 2 aromatic rings. The molecule has 140 valence electrons. The lowest BCUT2D eigenvalue weighted by Crippen LogP contribution is -2.27. The molecule has 1 saturated heterocycles. The van der Waals surface area contributed by atoms with Gasteiger partial charge in [0.25, 0.3) is 5.91 Å². The molecule has 1 fully saturated rings. The van der Waals surface area contributed by atoms with Crippen LogP contribution < -0.4 is 5.32 Å². The van der Waals surface area contributed by atoms with Crippen LogP contribution in [0.4, 0.5) is 5.82 Å². The van der Waals surface area contributed by atoms with Crippen molar-refractivity contribution in [1.29, 1.82) is 0 Å². The number of carbonyl (C=O) groups is 1. The third-order valence-electron chi connectivity index (χ3n) is 4.34. The first kappa shape index (κ1) is 18.9. The second-order valence-corrected chi connectivity index (χ2v) is 6.95. The predicted octanol–water partition coefficient (Wildman–Crippen LogP) is 3.42. The number of anilines is 1. The molecule has 6 nitrogen and oxygen atoms in total. The van der Waals surface area contributed by atoms with E-state index in [4.69, 9.17) is 21.1 Å². The molecule has 1 aromatic heterocycles. The van der Waals surface area contributed by atoms with E-state index in [2.05, 4.69) is 10.4 Å². The Kier molecular flexibility index (Phi) is 6.66. The monoisotopic (exact) mass is 377 g/mol. The molecule has 1 amide bonds. The van der Waals surface area contributed by atoms with Crippen LogP contribution in [0.3, 0.4) is 0 Å². The van der Waals surface area contributed by atoms with Crippen molar-refractivity contribution in [2.24, 2.45) is 0 Å². The van der Waals surface area contributed by atoms with Gasteiger partial charge in [-0.15, -0.1) is 0 Å². The Bertz CT molecular complexity index is 724. The normalized spacial score (nSPS) is 17.2. The van der Waals surface area contributed by atoms with Crippen LogP contribution in [0.25, 0.3) is 0 Å². The number of rotatable bonds is 7. The molecular formula is C19H24ClN3O3. The summed E-state index contributed by atoms with van der Waals surface area (Å²) in [6.45, 7) is 3.71. The van der Waals surface area contributed by atoms with Gasteiger partial charge in [0.15, 0.2) is 0 Å². The van der Waals surface area contributed by atoms with Crippen molar-refractivity contribution in [3.05, 3.63) is 46.6 Å². The number of ether oxygens (including phenoxy) is 2. The average molecular weight is 378 g/mol. The van der Waals surface area contributed by atoms with Crippen LogP contribution >= 0.6 is 11.6 Å². The Morgan fingerprint density at radius 3 is 2.92 bits per heavy atom. The number of hydrogen-bond acceptors (Lipinski definition) is 4. The van der Waals surface area contributed by atoms with Gasteiger partial charge in [-0.25, -0.2) is 4.68 Å². The lowest BCUT2D eigenvalue weighted by atomic mass is 10.1. The minimum absolute atomic E-state index is 0.00538. The number of amides is 1. The molecule has 0 radical (unpaired) electrons. The van der Waals surface area contributed by atoms with Gasteiger partial charge >= 0.3 is 0 Å². The van der Waals surface area contributed by atoms with Gasteiger partial charge in [-0.05, 0) is 43.9 Å². The highest BCUT2D eigenvalue weighted by Crippen LogP contribution is 2.17. The van der Waals surface area contributed by atoms with Crippen LogP contribution in [0.5, 0.6) is 0 Å². The first-order valence-electron chi connectivity index (χ1n) is 8.88. The summed E-state index contributed by atoms with van der Waals surface area (Å²) in [6.07, 6.45) is 5.10. The number of nitrogens with one attached hydrogen (secondary N) is 1. The summed E-state index contributed by atoms with van der Waals surface area (Å²) in [7, 11) is 0. The summed E-state index contributed by atoms with van der Waals surface area (Å²) >= 11 is 5.92. The first-order chi connectivity index (χ1) is 12.6. The molecule has 26 heavy (non-hydrogen) atoms. The van der Waals surface area contributed by atoms with Crippen LogP contribution in [-0.2, 0) is 20.8 Å². The molecule has 0 saturated carbocycles. The summed E-state index contributed by atoms with van der Waals surface area (Å²) in [4.78, 5) is 12.2. The maximum Gasteiger partial charge on any atom is 0.251 e. The summed E-state index contributed by atoms with van der Waals surface area (Å²) < 4.78 is 12.9. The van der Waals surface area contributed by atoms with Crippen LogP contribution in [0.1, 0.15) is 30.4 Å². The Balaban J connectivity index is 1.52. The van der Waals surface area contributed by atoms with Gasteiger partial charge in [0, 0.05) is 17.2 Å². The molecule has 1 aliphatic heterocycles. The standard InChI is InChI=1S/C19H24ClN3O3/c1-14-10-21-23(11-15-5-7-16(20)8-6-15)19(14)22-18(24)13-25-12-17-4-2-3-9-26-17/h5-8,10,17H,2-4,9,11-13H2,1H3,(H,22,24). The fourth-order valence-electron chi connectivity index (χ4n) is 2.91. The van der Waals surface area contributed by atoms with Crippen molar-refractivity contribution < 1.29 is 14.3 Å². The maximum atomic E-state index is 12.2. The van der Waals surface area contributed by atoms with E-state index >= 15 is 0 Å². The number of aromatic nitrogens is 2. The summed E-state index contributed by atoms with van der Waals surface area (Å²) in [6, 6.07) is 7.57. The van der Waals surface area contributed by atoms with E-state index < -0.39 is 0 Å². The van der Waals surface area contributed by atoms with Gasteiger partial charge in [-0.2, -0.15) is 5.10 Å². The van der Waals surface area contributed by atoms with Crippen molar-refractivity contribution in [2.75, 3.05) is 25.1 Å². The number of halogens is 1. The number of benzene rings is 1. The van der Waals surface area contributed by atoms with Crippen molar-refractivity contribution in [3.63, 3.8) is 0 Å². The Morgan fingerprint density at radius 1 is 1.38 bits per heavy atom. The van der Waals surface area contributed by atoms with Crippen molar-refractivity contribution >= 4 is 23.3 Å². The molecule has 1 aromatic carbocycles. The van der Waals surface area contributed by atoms with Crippen LogP contribution in [0.2, 0.25) is 5.02 Å². The quantitative estimate of drug-likeness (QED) is 0.802. The molecule has 1 atom stereocenters. The van der Waals surface area contributed by atoms with Gasteiger partial charge in [0.05, 0.1) is 25.5 Å². The Labute approximate surface area is 158 Å². The number of nitrogens with zero attached hydrogens (tertiary/aromatic N) is 2. The molecular weight excluding hydrogens is 354 g/mol. The molecule has 3 rings (SSSR count). The van der Waals surface area contributed by atoms with Crippen LogP contribution in [-0.4, -0.2) is 41.6 Å². The third kappa shape index (κ3) is 5.30. The van der Waals surface area contributed by atoms with Gasteiger partial charge in [-0.3, -0.25) is 4.79 Å². The Hall–Kier alpha value is -1.89. The van der Waals surface area contributed by atoms with E-state index in [1.165, 1.54) is 0 Å². The molecule has 0 bridgehead atoms. The smallest absolute Gasteiger partial charge is 0.251 e. The maximum absolute atomic E-state index is 12.2. The lowest BCUT2D eigenvalue weighted by Gasteiger charge is -2.22. The topological polar surface area (TPSA) is 65.4 Å². The second kappa shape index (κ2) is 9.16. The molecule has 2 heterocycles. The minimum Gasteiger partial charge on any atom is -0.376 e. The number of hydrogen-bond donors (Lipinski definition) is 1. The first-order valence-corrected chi connectivity index (χ1v) is 9.25. The number of aryl methyl sites for hydroxylation is 1. The molecule has 1 aliphatic rings. The molecule has 0 aliphatic carbocycles. The van der Waals surface area contributed by atoms with Crippen molar-refractivity contribution in [2.45, 2.75) is 38.8 Å². The van der Waals surface area contributed by atoms with E-state index in [0.29, 0.717) is 24.0 Å². The molecule has 1 N–H and O–H groups in total. The lowest BCUT2D eigenvalue weighted by molar-refractivity contribution is -0.122. The minimum atomic E-state index is -0.193. The van der Waals surface area contributed by atoms with E-state index in [1.807, 2.05) is 31.2 Å². The SMILES string of the molecule is Cc1cnn(Cc2ccc(Cl)cc2)c1NC(=O)COCC1CCCCO1. The van der Waals surface area contributed by atoms with Gasteiger partial charge < -0.3 is 14.8 Å². The van der Waals surface area contributed by atoms with Crippen molar-refractivity contribution in [3.8, 4) is 0 Å². The summed E-state index contributed by atoms with van der Waals surface area (Å²) in [5.74, 6) is 0.490. The van der Waals surface area contributed by atoms with E-state index in [-0.39, 0.29) is 18.6 Å². The zero-order valence-electron chi connectivity index (χ0n) is 14.9.